The smallest absolute Gasteiger partial charge is 0.228 e. The Morgan fingerprint density at radius 1 is 1.33 bits per heavy atom. The van der Waals surface area contributed by atoms with Crippen LogP contribution in [0.2, 0.25) is 0 Å². The maximum absolute atomic E-state index is 12.9. The summed E-state index contributed by atoms with van der Waals surface area (Å²) in [5, 5.41) is 7.55. The molecule has 0 radical (unpaired) electrons. The number of hydrogen-bond donors (Lipinski definition) is 1. The number of aromatic nitrogens is 3. The minimum atomic E-state index is -0.291. The van der Waals surface area contributed by atoms with E-state index in [4.69, 9.17) is 0 Å². The number of nitrogens with zero attached hydrogens (tertiary/aromatic N) is 4. The summed E-state index contributed by atoms with van der Waals surface area (Å²) >= 11 is 0. The van der Waals surface area contributed by atoms with Crippen molar-refractivity contribution >= 4 is 11.8 Å². The summed E-state index contributed by atoms with van der Waals surface area (Å²) in [5.41, 5.74) is 4.31. The average molecular weight is 367 g/mol. The molecule has 1 atom stereocenters. The SMILES string of the molecule is CN(Cc1n[nH]c2c1CCCC2)C(=O)C1CC(=O)N(Cc2ccccn2)C1. The topological polar surface area (TPSA) is 82.2 Å². The van der Waals surface area contributed by atoms with E-state index in [0.717, 1.165) is 24.2 Å². The Morgan fingerprint density at radius 2 is 2.19 bits per heavy atom. The van der Waals surface area contributed by atoms with Crippen LogP contribution in [0.4, 0.5) is 0 Å². The van der Waals surface area contributed by atoms with Crippen molar-refractivity contribution < 1.29 is 9.59 Å². The molecule has 4 rings (SSSR count). The number of pyridine rings is 1. The van der Waals surface area contributed by atoms with Crippen LogP contribution in [0.25, 0.3) is 0 Å². The lowest BCUT2D eigenvalue weighted by molar-refractivity contribution is -0.135. The van der Waals surface area contributed by atoms with Gasteiger partial charge in [0.1, 0.15) is 0 Å². The van der Waals surface area contributed by atoms with E-state index in [2.05, 4.69) is 15.2 Å². The third-order valence-corrected chi connectivity index (χ3v) is 5.55. The molecule has 1 aliphatic carbocycles. The van der Waals surface area contributed by atoms with Crippen molar-refractivity contribution in [1.29, 1.82) is 0 Å². The number of rotatable bonds is 5. The van der Waals surface area contributed by atoms with Crippen molar-refractivity contribution in [1.82, 2.24) is 25.0 Å². The molecule has 0 bridgehead atoms. The summed E-state index contributed by atoms with van der Waals surface area (Å²) < 4.78 is 0. The lowest BCUT2D eigenvalue weighted by Crippen LogP contribution is -2.34. The second kappa shape index (κ2) is 7.50. The van der Waals surface area contributed by atoms with Crippen LogP contribution >= 0.6 is 0 Å². The van der Waals surface area contributed by atoms with Gasteiger partial charge in [0.25, 0.3) is 0 Å². The Labute approximate surface area is 158 Å². The van der Waals surface area contributed by atoms with Crippen LogP contribution in [0.5, 0.6) is 0 Å². The molecule has 27 heavy (non-hydrogen) atoms. The molecule has 1 saturated heterocycles. The molecular formula is C20H25N5O2. The highest BCUT2D eigenvalue weighted by Gasteiger charge is 2.36. The van der Waals surface area contributed by atoms with Gasteiger partial charge >= 0.3 is 0 Å². The van der Waals surface area contributed by atoms with Gasteiger partial charge in [0.2, 0.25) is 11.8 Å². The van der Waals surface area contributed by atoms with Gasteiger partial charge in [-0.2, -0.15) is 5.10 Å². The number of carbonyl (C=O) groups is 2. The number of aromatic amines is 1. The van der Waals surface area contributed by atoms with E-state index in [1.807, 2.05) is 18.2 Å². The second-order valence-electron chi connectivity index (χ2n) is 7.53. The zero-order valence-electron chi connectivity index (χ0n) is 15.6. The normalized spacial score (nSPS) is 19.2. The van der Waals surface area contributed by atoms with Crippen molar-refractivity contribution in [2.75, 3.05) is 13.6 Å². The molecule has 1 fully saturated rings. The van der Waals surface area contributed by atoms with E-state index in [1.54, 1.807) is 23.0 Å². The third kappa shape index (κ3) is 3.72. The number of fused-ring (bicyclic) bond motifs is 1. The zero-order chi connectivity index (χ0) is 18.8. The van der Waals surface area contributed by atoms with E-state index >= 15 is 0 Å². The lowest BCUT2D eigenvalue weighted by Gasteiger charge is -2.21. The van der Waals surface area contributed by atoms with Crippen molar-refractivity contribution in [3.63, 3.8) is 0 Å². The molecular weight excluding hydrogens is 342 g/mol. The largest absolute Gasteiger partial charge is 0.339 e. The highest BCUT2D eigenvalue weighted by atomic mass is 16.2. The quantitative estimate of drug-likeness (QED) is 0.872. The summed E-state index contributed by atoms with van der Waals surface area (Å²) in [7, 11) is 1.80. The van der Waals surface area contributed by atoms with Gasteiger partial charge in [-0.15, -0.1) is 0 Å². The van der Waals surface area contributed by atoms with Crippen LogP contribution in [0.3, 0.4) is 0 Å². The van der Waals surface area contributed by atoms with E-state index in [0.29, 0.717) is 19.6 Å². The molecule has 2 aromatic heterocycles. The predicted molar refractivity (Wildman–Crippen MR) is 99.5 cm³/mol. The van der Waals surface area contributed by atoms with Crippen LogP contribution in [0.1, 0.15) is 41.9 Å². The standard InChI is InChI=1S/C20H25N5O2/c1-24(13-18-16-7-2-3-8-17(16)22-23-18)20(27)14-10-19(26)25(11-14)12-15-6-4-5-9-21-15/h4-6,9,14H,2-3,7-8,10-13H2,1H3,(H,22,23). The minimum absolute atomic E-state index is 0.0134. The molecule has 0 spiro atoms. The molecule has 1 N–H and O–H groups in total. The van der Waals surface area contributed by atoms with Crippen molar-refractivity contribution in [3.05, 3.63) is 47.0 Å². The molecule has 0 saturated carbocycles. The Balaban J connectivity index is 1.38. The van der Waals surface area contributed by atoms with Crippen molar-refractivity contribution in [3.8, 4) is 0 Å². The molecule has 2 aromatic rings. The fourth-order valence-corrected chi connectivity index (χ4v) is 4.07. The average Bonchev–Trinajstić information content (AvgIpc) is 3.26. The monoisotopic (exact) mass is 367 g/mol. The second-order valence-corrected chi connectivity index (χ2v) is 7.53. The van der Waals surface area contributed by atoms with E-state index < -0.39 is 0 Å². The van der Waals surface area contributed by atoms with E-state index in [-0.39, 0.29) is 24.2 Å². The van der Waals surface area contributed by atoms with E-state index in [1.165, 1.54) is 24.1 Å². The first-order chi connectivity index (χ1) is 13.1. The van der Waals surface area contributed by atoms with Gasteiger partial charge in [-0.1, -0.05) is 6.07 Å². The van der Waals surface area contributed by atoms with Gasteiger partial charge in [-0.25, -0.2) is 0 Å². The molecule has 1 aliphatic heterocycles. The molecule has 2 amide bonds. The van der Waals surface area contributed by atoms with Crippen molar-refractivity contribution in [2.45, 2.75) is 45.2 Å². The zero-order valence-corrected chi connectivity index (χ0v) is 15.6. The third-order valence-electron chi connectivity index (χ3n) is 5.55. The number of H-pyrrole nitrogens is 1. The van der Waals surface area contributed by atoms with Gasteiger partial charge < -0.3 is 9.80 Å². The first kappa shape index (κ1) is 17.7. The number of hydrogen-bond acceptors (Lipinski definition) is 4. The number of carbonyl (C=O) groups excluding carboxylic acids is 2. The summed E-state index contributed by atoms with van der Waals surface area (Å²) in [6.07, 6.45) is 6.44. The Hall–Kier alpha value is -2.70. The van der Waals surface area contributed by atoms with Crippen LogP contribution in [0.15, 0.2) is 24.4 Å². The maximum Gasteiger partial charge on any atom is 0.228 e. The number of aryl methyl sites for hydroxylation is 1. The highest BCUT2D eigenvalue weighted by molar-refractivity contribution is 5.89. The lowest BCUT2D eigenvalue weighted by atomic mass is 9.96. The molecule has 0 aromatic carbocycles. The first-order valence-corrected chi connectivity index (χ1v) is 9.59. The minimum Gasteiger partial charge on any atom is -0.339 e. The van der Waals surface area contributed by atoms with Crippen molar-refractivity contribution in [2.24, 2.45) is 5.92 Å². The van der Waals surface area contributed by atoms with Gasteiger partial charge in [0.15, 0.2) is 0 Å². The summed E-state index contributed by atoms with van der Waals surface area (Å²) in [4.78, 5) is 32.9. The number of likely N-dealkylation sites (tertiary alicyclic amines) is 1. The maximum atomic E-state index is 12.9. The fraction of sp³-hybridized carbons (Fsp3) is 0.500. The van der Waals surface area contributed by atoms with E-state index in [9.17, 15) is 9.59 Å². The predicted octanol–water partition coefficient (Wildman–Crippen LogP) is 1.69. The summed E-state index contributed by atoms with van der Waals surface area (Å²) in [6, 6.07) is 5.66. The van der Waals surface area contributed by atoms with Crippen LogP contribution in [0, 0.1) is 5.92 Å². The molecule has 142 valence electrons. The molecule has 1 unspecified atom stereocenters. The first-order valence-electron chi connectivity index (χ1n) is 9.59. The Kier molecular flexibility index (Phi) is 4.92. The summed E-state index contributed by atoms with van der Waals surface area (Å²) in [5.74, 6) is -0.259. The Morgan fingerprint density at radius 3 is 3.00 bits per heavy atom. The van der Waals surface area contributed by atoms with Gasteiger partial charge in [0, 0.05) is 31.9 Å². The van der Waals surface area contributed by atoms with Crippen LogP contribution in [-0.4, -0.2) is 50.4 Å². The van der Waals surface area contributed by atoms with Gasteiger partial charge in [-0.05, 0) is 43.4 Å². The fourth-order valence-electron chi connectivity index (χ4n) is 4.07. The number of nitrogens with one attached hydrogen (secondary N) is 1. The number of amides is 2. The molecule has 2 aliphatic rings. The highest BCUT2D eigenvalue weighted by Crippen LogP contribution is 2.25. The van der Waals surface area contributed by atoms with Crippen LogP contribution in [-0.2, 0) is 35.5 Å². The summed E-state index contributed by atoms with van der Waals surface area (Å²) in [6.45, 7) is 1.41. The van der Waals surface area contributed by atoms with Gasteiger partial charge in [0.05, 0.1) is 30.4 Å². The Bertz CT molecular complexity index is 832. The molecule has 7 heteroatoms. The molecule has 7 nitrogen and oxygen atoms in total. The molecule has 3 heterocycles. The van der Waals surface area contributed by atoms with Gasteiger partial charge in [-0.3, -0.25) is 19.7 Å². The van der Waals surface area contributed by atoms with Crippen LogP contribution < -0.4 is 0 Å².